The maximum atomic E-state index is 5.83. The molecule has 0 fully saturated rings. The third kappa shape index (κ3) is 3.63. The van der Waals surface area contributed by atoms with E-state index in [9.17, 15) is 0 Å². The van der Waals surface area contributed by atoms with Crippen LogP contribution < -0.4 is 14.8 Å². The van der Waals surface area contributed by atoms with Crippen molar-refractivity contribution in [3.05, 3.63) is 23.8 Å². The molecule has 1 aromatic rings. The Labute approximate surface area is 116 Å². The quantitative estimate of drug-likeness (QED) is 0.907. The minimum atomic E-state index is 0.253. The zero-order chi connectivity index (χ0) is 13.9. The summed E-state index contributed by atoms with van der Waals surface area (Å²) in [6.45, 7) is 11.2. The van der Waals surface area contributed by atoms with Gasteiger partial charge in [-0.15, -0.1) is 0 Å². The summed E-state index contributed by atoms with van der Waals surface area (Å²) in [6.07, 6.45) is 0.944. The zero-order valence-electron chi connectivity index (χ0n) is 12.5. The highest BCUT2D eigenvalue weighted by atomic mass is 16.5. The van der Waals surface area contributed by atoms with Crippen molar-refractivity contribution in [3.8, 4) is 11.5 Å². The highest BCUT2D eigenvalue weighted by Crippen LogP contribution is 2.33. The molecule has 1 aliphatic rings. The van der Waals surface area contributed by atoms with E-state index >= 15 is 0 Å². The van der Waals surface area contributed by atoms with Crippen molar-refractivity contribution in [3.63, 3.8) is 0 Å². The van der Waals surface area contributed by atoms with Gasteiger partial charge in [0.05, 0.1) is 13.2 Å². The fourth-order valence-corrected chi connectivity index (χ4v) is 1.96. The van der Waals surface area contributed by atoms with Crippen molar-refractivity contribution in [2.45, 2.75) is 46.7 Å². The number of benzene rings is 1. The van der Waals surface area contributed by atoms with Gasteiger partial charge < -0.3 is 14.8 Å². The third-order valence-corrected chi connectivity index (χ3v) is 3.75. The predicted octanol–water partition coefficient (Wildman–Crippen LogP) is 3.37. The first-order valence-electron chi connectivity index (χ1n) is 7.09. The minimum absolute atomic E-state index is 0.253. The fraction of sp³-hybridized carbons (Fsp3) is 0.625. The molecule has 3 nitrogen and oxygen atoms in total. The van der Waals surface area contributed by atoms with Crippen LogP contribution in [0.2, 0.25) is 0 Å². The fourth-order valence-electron chi connectivity index (χ4n) is 1.96. The first kappa shape index (κ1) is 14.2. The summed E-state index contributed by atoms with van der Waals surface area (Å²) in [5.74, 6) is 1.79. The molecule has 0 radical (unpaired) electrons. The van der Waals surface area contributed by atoms with E-state index in [1.165, 1.54) is 5.56 Å². The van der Waals surface area contributed by atoms with Crippen LogP contribution in [0.4, 0.5) is 0 Å². The van der Waals surface area contributed by atoms with E-state index in [-0.39, 0.29) is 5.41 Å². The lowest BCUT2D eigenvalue weighted by Gasteiger charge is -2.28. The Morgan fingerprint density at radius 1 is 1.21 bits per heavy atom. The number of para-hydroxylation sites is 1. The van der Waals surface area contributed by atoms with Gasteiger partial charge in [0, 0.05) is 24.6 Å². The van der Waals surface area contributed by atoms with Crippen molar-refractivity contribution in [1.82, 2.24) is 5.32 Å². The van der Waals surface area contributed by atoms with Crippen molar-refractivity contribution in [2.75, 3.05) is 13.2 Å². The second kappa shape index (κ2) is 5.83. The number of nitrogens with one attached hydrogen (secondary N) is 1. The van der Waals surface area contributed by atoms with Gasteiger partial charge in [-0.3, -0.25) is 0 Å². The summed E-state index contributed by atoms with van der Waals surface area (Å²) in [4.78, 5) is 0. The Balaban J connectivity index is 2.09. The maximum Gasteiger partial charge on any atom is 0.165 e. The molecule has 0 amide bonds. The van der Waals surface area contributed by atoms with Crippen molar-refractivity contribution in [1.29, 1.82) is 0 Å². The van der Waals surface area contributed by atoms with Crippen LogP contribution in [0.15, 0.2) is 18.2 Å². The lowest BCUT2D eigenvalue weighted by Crippen LogP contribution is -2.37. The number of fused-ring (bicyclic) bond motifs is 1. The summed E-state index contributed by atoms with van der Waals surface area (Å²) in [6, 6.07) is 6.56. The minimum Gasteiger partial charge on any atom is -0.490 e. The number of hydrogen-bond donors (Lipinski definition) is 1. The molecule has 2 rings (SSSR count). The Hall–Kier alpha value is -1.22. The highest BCUT2D eigenvalue weighted by Gasteiger charge is 2.20. The van der Waals surface area contributed by atoms with E-state index in [0.29, 0.717) is 6.04 Å². The second-order valence-corrected chi connectivity index (χ2v) is 6.26. The molecule has 1 aromatic carbocycles. The first-order valence-corrected chi connectivity index (χ1v) is 7.09. The van der Waals surface area contributed by atoms with E-state index in [2.05, 4.69) is 39.1 Å². The van der Waals surface area contributed by atoms with Crippen molar-refractivity contribution in [2.24, 2.45) is 5.41 Å². The van der Waals surface area contributed by atoms with E-state index < -0.39 is 0 Å². The summed E-state index contributed by atoms with van der Waals surface area (Å²) >= 11 is 0. The first-order chi connectivity index (χ1) is 8.98. The van der Waals surface area contributed by atoms with E-state index in [1.807, 2.05) is 12.1 Å². The normalized spacial score (nSPS) is 16.8. The predicted molar refractivity (Wildman–Crippen MR) is 77.8 cm³/mol. The molecule has 0 spiro atoms. The van der Waals surface area contributed by atoms with Crippen LogP contribution in [0.25, 0.3) is 0 Å². The average Bonchev–Trinajstić information content (AvgIpc) is 2.60. The molecule has 106 valence electrons. The van der Waals surface area contributed by atoms with Gasteiger partial charge >= 0.3 is 0 Å². The van der Waals surface area contributed by atoms with E-state index in [1.54, 1.807) is 0 Å². The van der Waals surface area contributed by atoms with Gasteiger partial charge in [-0.25, -0.2) is 0 Å². The second-order valence-electron chi connectivity index (χ2n) is 6.26. The van der Waals surface area contributed by atoms with Crippen LogP contribution in [0.1, 0.15) is 39.7 Å². The van der Waals surface area contributed by atoms with Crippen LogP contribution in [0.5, 0.6) is 11.5 Å². The van der Waals surface area contributed by atoms with Gasteiger partial charge in [-0.2, -0.15) is 0 Å². The van der Waals surface area contributed by atoms with E-state index in [0.717, 1.165) is 37.7 Å². The van der Waals surface area contributed by atoms with Crippen molar-refractivity contribution >= 4 is 0 Å². The van der Waals surface area contributed by atoms with Gasteiger partial charge in [0.1, 0.15) is 0 Å². The molecule has 19 heavy (non-hydrogen) atoms. The van der Waals surface area contributed by atoms with Crippen LogP contribution in [0, 0.1) is 5.41 Å². The van der Waals surface area contributed by atoms with Crippen LogP contribution >= 0.6 is 0 Å². The molecule has 1 aliphatic heterocycles. The van der Waals surface area contributed by atoms with Gasteiger partial charge in [-0.05, 0) is 18.4 Å². The molecule has 1 heterocycles. The van der Waals surface area contributed by atoms with Crippen LogP contribution in [0.3, 0.4) is 0 Å². The Kier molecular flexibility index (Phi) is 4.35. The van der Waals surface area contributed by atoms with Gasteiger partial charge in [0.15, 0.2) is 11.5 Å². The lowest BCUT2D eigenvalue weighted by molar-refractivity contribution is 0.280. The Morgan fingerprint density at radius 2 is 1.95 bits per heavy atom. The summed E-state index contributed by atoms with van der Waals surface area (Å²) < 4.78 is 11.5. The van der Waals surface area contributed by atoms with Crippen molar-refractivity contribution < 1.29 is 9.47 Å². The van der Waals surface area contributed by atoms with Crippen LogP contribution in [-0.4, -0.2) is 19.3 Å². The number of rotatable bonds is 3. The van der Waals surface area contributed by atoms with E-state index in [4.69, 9.17) is 9.47 Å². The number of ether oxygens (including phenoxy) is 2. The van der Waals surface area contributed by atoms with Gasteiger partial charge in [0.25, 0.3) is 0 Å². The molecule has 0 bridgehead atoms. The Morgan fingerprint density at radius 3 is 2.68 bits per heavy atom. The standard InChI is InChI=1S/C16H25NO2/c1-12(16(2,3)4)17-11-13-7-5-8-14-15(13)19-10-6-9-18-14/h5,7-8,12,17H,6,9-11H2,1-4H3. The molecule has 3 heteroatoms. The topological polar surface area (TPSA) is 30.5 Å². The smallest absolute Gasteiger partial charge is 0.165 e. The molecule has 0 aliphatic carbocycles. The SMILES string of the molecule is CC(NCc1cccc2c1OCCCO2)C(C)(C)C. The lowest BCUT2D eigenvalue weighted by atomic mass is 9.88. The molecular weight excluding hydrogens is 238 g/mol. The molecule has 1 N–H and O–H groups in total. The summed E-state index contributed by atoms with van der Waals surface area (Å²) in [5, 5.41) is 3.57. The zero-order valence-corrected chi connectivity index (χ0v) is 12.5. The molecule has 0 saturated heterocycles. The third-order valence-electron chi connectivity index (χ3n) is 3.75. The molecule has 0 aromatic heterocycles. The largest absolute Gasteiger partial charge is 0.490 e. The molecule has 0 saturated carbocycles. The monoisotopic (exact) mass is 263 g/mol. The highest BCUT2D eigenvalue weighted by molar-refractivity contribution is 5.47. The maximum absolute atomic E-state index is 5.83. The van der Waals surface area contributed by atoms with Gasteiger partial charge in [-0.1, -0.05) is 32.9 Å². The Bertz CT molecular complexity index is 423. The molecular formula is C16H25NO2. The number of hydrogen-bond acceptors (Lipinski definition) is 3. The average molecular weight is 263 g/mol. The summed E-state index contributed by atoms with van der Waals surface area (Å²) in [5.41, 5.74) is 1.43. The molecule has 1 atom stereocenters. The van der Waals surface area contributed by atoms with Crippen LogP contribution in [-0.2, 0) is 6.54 Å². The summed E-state index contributed by atoms with van der Waals surface area (Å²) in [7, 11) is 0. The molecule has 1 unspecified atom stereocenters. The van der Waals surface area contributed by atoms with Gasteiger partial charge in [0.2, 0.25) is 0 Å².